The zero-order valence-electron chi connectivity index (χ0n) is 12.8. The molecule has 1 unspecified atom stereocenters. The Morgan fingerprint density at radius 2 is 2.20 bits per heavy atom. The van der Waals surface area contributed by atoms with Crippen LogP contribution in [0.25, 0.3) is 0 Å². The Hall–Kier alpha value is -1.43. The minimum Gasteiger partial charge on any atom is -0.409 e. The van der Waals surface area contributed by atoms with E-state index in [1.54, 1.807) is 0 Å². The standard InChI is InChI=1S/C14H24N4OS/c1-6-11(8-20-5)18(4)12-7-9(2)16-10(3)13(12)14(15)17-19/h7,11,19H,6,8H2,1-5H3,(H2,15,17). The van der Waals surface area contributed by atoms with Crippen molar-refractivity contribution in [3.8, 4) is 0 Å². The normalized spacial score (nSPS) is 13.3. The average molecular weight is 296 g/mol. The van der Waals surface area contributed by atoms with Crippen molar-refractivity contribution in [2.24, 2.45) is 10.9 Å². The van der Waals surface area contributed by atoms with Crippen molar-refractivity contribution in [2.45, 2.75) is 33.2 Å². The van der Waals surface area contributed by atoms with E-state index in [1.165, 1.54) is 0 Å². The monoisotopic (exact) mass is 296 g/mol. The molecule has 1 heterocycles. The molecule has 0 spiro atoms. The van der Waals surface area contributed by atoms with Crippen LogP contribution in [0.2, 0.25) is 0 Å². The lowest BCUT2D eigenvalue weighted by Gasteiger charge is -2.31. The molecule has 1 aromatic heterocycles. The molecule has 0 fully saturated rings. The molecule has 5 nitrogen and oxygen atoms in total. The second kappa shape index (κ2) is 7.38. The van der Waals surface area contributed by atoms with Crippen LogP contribution in [0.4, 0.5) is 5.69 Å². The third kappa shape index (κ3) is 3.56. The quantitative estimate of drug-likeness (QED) is 0.365. The summed E-state index contributed by atoms with van der Waals surface area (Å²) in [5.41, 5.74) is 9.21. The molecule has 0 aliphatic rings. The van der Waals surface area contributed by atoms with Gasteiger partial charge in [0.05, 0.1) is 16.9 Å². The summed E-state index contributed by atoms with van der Waals surface area (Å²) in [5, 5.41) is 12.1. The largest absolute Gasteiger partial charge is 0.409 e. The minimum absolute atomic E-state index is 0.107. The van der Waals surface area contributed by atoms with Crippen molar-refractivity contribution < 1.29 is 5.21 Å². The molecule has 1 atom stereocenters. The van der Waals surface area contributed by atoms with Crippen LogP contribution in [0.1, 0.15) is 30.3 Å². The van der Waals surface area contributed by atoms with Gasteiger partial charge in [0.2, 0.25) is 0 Å². The van der Waals surface area contributed by atoms with Gasteiger partial charge in [-0.3, -0.25) is 4.98 Å². The third-order valence-corrected chi connectivity index (χ3v) is 4.15. The number of nitrogens with zero attached hydrogens (tertiary/aromatic N) is 3. The molecule has 0 aromatic carbocycles. The molecule has 1 aromatic rings. The Balaban J connectivity index is 3.34. The predicted octanol–water partition coefficient (Wildman–Crippen LogP) is 2.37. The summed E-state index contributed by atoms with van der Waals surface area (Å²) in [7, 11) is 2.05. The molecule has 0 radical (unpaired) electrons. The molecule has 0 amide bonds. The van der Waals surface area contributed by atoms with Crippen LogP contribution >= 0.6 is 11.8 Å². The number of aryl methyl sites for hydroxylation is 2. The number of rotatable bonds is 6. The van der Waals surface area contributed by atoms with E-state index in [1.807, 2.05) is 38.7 Å². The highest BCUT2D eigenvalue weighted by Crippen LogP contribution is 2.26. The van der Waals surface area contributed by atoms with E-state index in [4.69, 9.17) is 10.9 Å². The minimum atomic E-state index is 0.107. The topological polar surface area (TPSA) is 74.7 Å². The third-order valence-electron chi connectivity index (χ3n) is 3.43. The van der Waals surface area contributed by atoms with Gasteiger partial charge in [-0.15, -0.1) is 0 Å². The predicted molar refractivity (Wildman–Crippen MR) is 87.1 cm³/mol. The fourth-order valence-corrected chi connectivity index (χ4v) is 3.19. The molecule has 0 saturated heterocycles. The number of oxime groups is 1. The van der Waals surface area contributed by atoms with Crippen molar-refractivity contribution in [1.29, 1.82) is 0 Å². The SMILES string of the molecule is CCC(CSC)N(C)c1cc(C)nc(C)c1/C(N)=N/O. The zero-order valence-corrected chi connectivity index (χ0v) is 13.7. The highest BCUT2D eigenvalue weighted by molar-refractivity contribution is 7.98. The van der Waals surface area contributed by atoms with E-state index < -0.39 is 0 Å². The lowest BCUT2D eigenvalue weighted by molar-refractivity contribution is 0.318. The highest BCUT2D eigenvalue weighted by Gasteiger charge is 2.20. The first-order chi connectivity index (χ1) is 9.46. The first kappa shape index (κ1) is 16.6. The van der Waals surface area contributed by atoms with Crippen molar-refractivity contribution >= 4 is 23.3 Å². The Kier molecular flexibility index (Phi) is 6.13. The second-order valence-electron chi connectivity index (χ2n) is 4.86. The molecule has 1 rings (SSSR count). The Labute approximate surface area is 125 Å². The highest BCUT2D eigenvalue weighted by atomic mass is 32.2. The summed E-state index contributed by atoms with van der Waals surface area (Å²) in [4.78, 5) is 6.61. The maximum Gasteiger partial charge on any atom is 0.174 e. The smallest absolute Gasteiger partial charge is 0.174 e. The molecular weight excluding hydrogens is 272 g/mol. The van der Waals surface area contributed by atoms with Crippen molar-refractivity contribution in [1.82, 2.24) is 4.98 Å². The number of aromatic nitrogens is 1. The van der Waals surface area contributed by atoms with Gasteiger partial charge in [0.25, 0.3) is 0 Å². The van der Waals surface area contributed by atoms with Gasteiger partial charge in [-0.2, -0.15) is 11.8 Å². The summed E-state index contributed by atoms with van der Waals surface area (Å²) in [6.45, 7) is 6.00. The molecule has 20 heavy (non-hydrogen) atoms. The van der Waals surface area contributed by atoms with Gasteiger partial charge in [0, 0.05) is 24.5 Å². The van der Waals surface area contributed by atoms with Gasteiger partial charge >= 0.3 is 0 Å². The molecule has 0 saturated carbocycles. The van der Waals surface area contributed by atoms with E-state index in [9.17, 15) is 0 Å². The van der Waals surface area contributed by atoms with E-state index >= 15 is 0 Å². The molecule has 0 bridgehead atoms. The number of anilines is 1. The number of hydrogen-bond acceptors (Lipinski definition) is 5. The van der Waals surface area contributed by atoms with E-state index in [0.717, 1.165) is 29.2 Å². The number of hydrogen-bond donors (Lipinski definition) is 2. The van der Waals surface area contributed by atoms with Gasteiger partial charge < -0.3 is 15.8 Å². The van der Waals surface area contributed by atoms with Crippen LogP contribution in [0.3, 0.4) is 0 Å². The maximum absolute atomic E-state index is 9.00. The average Bonchev–Trinajstić information content (AvgIpc) is 2.42. The first-order valence-electron chi connectivity index (χ1n) is 6.64. The van der Waals surface area contributed by atoms with E-state index in [-0.39, 0.29) is 5.84 Å². The van der Waals surface area contributed by atoms with Crippen LogP contribution in [0.5, 0.6) is 0 Å². The number of pyridine rings is 1. The van der Waals surface area contributed by atoms with Gasteiger partial charge in [-0.05, 0) is 32.6 Å². The summed E-state index contributed by atoms with van der Waals surface area (Å²) in [6.07, 6.45) is 3.14. The van der Waals surface area contributed by atoms with Crippen LogP contribution in [-0.2, 0) is 0 Å². The van der Waals surface area contributed by atoms with Gasteiger partial charge in [-0.1, -0.05) is 12.1 Å². The van der Waals surface area contributed by atoms with Crippen LogP contribution in [0.15, 0.2) is 11.2 Å². The second-order valence-corrected chi connectivity index (χ2v) is 5.77. The molecular formula is C14H24N4OS. The molecule has 112 valence electrons. The first-order valence-corrected chi connectivity index (χ1v) is 8.03. The molecule has 3 N–H and O–H groups in total. The molecule has 6 heteroatoms. The van der Waals surface area contributed by atoms with Crippen molar-refractivity contribution in [3.63, 3.8) is 0 Å². The van der Waals surface area contributed by atoms with Crippen molar-refractivity contribution in [3.05, 3.63) is 23.0 Å². The lowest BCUT2D eigenvalue weighted by Crippen LogP contribution is -2.35. The Bertz CT molecular complexity index is 490. The number of nitrogens with two attached hydrogens (primary N) is 1. The Morgan fingerprint density at radius 1 is 1.55 bits per heavy atom. The van der Waals surface area contributed by atoms with Gasteiger partial charge in [-0.25, -0.2) is 0 Å². The number of amidine groups is 1. The fourth-order valence-electron chi connectivity index (χ4n) is 2.35. The van der Waals surface area contributed by atoms with Crippen LogP contribution < -0.4 is 10.6 Å². The lowest BCUT2D eigenvalue weighted by atomic mass is 10.1. The van der Waals surface area contributed by atoms with Gasteiger partial charge in [0.1, 0.15) is 0 Å². The summed E-state index contributed by atoms with van der Waals surface area (Å²) in [5.74, 6) is 1.14. The van der Waals surface area contributed by atoms with E-state index in [0.29, 0.717) is 11.6 Å². The number of thioether (sulfide) groups is 1. The van der Waals surface area contributed by atoms with Gasteiger partial charge in [0.15, 0.2) is 5.84 Å². The Morgan fingerprint density at radius 3 is 2.70 bits per heavy atom. The summed E-state index contributed by atoms with van der Waals surface area (Å²) < 4.78 is 0. The van der Waals surface area contributed by atoms with Crippen LogP contribution in [-0.4, -0.2) is 41.1 Å². The molecule has 0 aliphatic carbocycles. The fraction of sp³-hybridized carbons (Fsp3) is 0.571. The van der Waals surface area contributed by atoms with E-state index in [2.05, 4.69) is 28.2 Å². The van der Waals surface area contributed by atoms with Crippen LogP contribution in [0, 0.1) is 13.8 Å². The zero-order chi connectivity index (χ0) is 15.3. The maximum atomic E-state index is 9.00. The summed E-state index contributed by atoms with van der Waals surface area (Å²) >= 11 is 1.82. The van der Waals surface area contributed by atoms with Crippen molar-refractivity contribution in [2.75, 3.05) is 24.0 Å². The summed E-state index contributed by atoms with van der Waals surface area (Å²) in [6, 6.07) is 2.39. The molecule has 0 aliphatic heterocycles.